The maximum Gasteiger partial charge on any atom is 0.254 e. The van der Waals surface area contributed by atoms with E-state index in [4.69, 9.17) is 21.1 Å². The molecular weight excluding hydrogens is 475 g/mol. The minimum Gasteiger partial charge on any atom is -0.490 e. The number of amides is 1. The number of nitrogens with zero attached hydrogens (tertiary/aromatic N) is 1. The van der Waals surface area contributed by atoms with Crippen LogP contribution in [-0.4, -0.2) is 84.6 Å². The Labute approximate surface area is 211 Å². The van der Waals surface area contributed by atoms with Crippen LogP contribution in [0.25, 0.3) is 0 Å². The number of aliphatic hydroxyl groups is 2. The van der Waals surface area contributed by atoms with Crippen molar-refractivity contribution >= 4 is 17.5 Å². The molecule has 1 aliphatic carbocycles. The van der Waals surface area contributed by atoms with E-state index in [2.05, 4.69) is 10.2 Å². The summed E-state index contributed by atoms with van der Waals surface area (Å²) in [6.07, 6.45) is 2.94. The molecule has 1 heterocycles. The molecule has 2 aliphatic rings. The Bertz CT molecular complexity index is 952. The number of hydrogen-bond donors (Lipinski definition) is 3. The first-order chi connectivity index (χ1) is 16.5. The van der Waals surface area contributed by atoms with Crippen LogP contribution in [0, 0.1) is 11.2 Å². The van der Waals surface area contributed by atoms with Gasteiger partial charge in [-0.25, -0.2) is 4.39 Å². The van der Waals surface area contributed by atoms with Crippen LogP contribution < -0.4 is 5.32 Å². The number of hydrogen-bond acceptors (Lipinski definition) is 6. The number of piperidine rings is 1. The summed E-state index contributed by atoms with van der Waals surface area (Å²) >= 11 is 6.27. The molecule has 9 heteroatoms. The van der Waals surface area contributed by atoms with E-state index in [-0.39, 0.29) is 18.3 Å². The number of halogens is 2. The molecule has 0 bridgehead atoms. The number of likely N-dealkylation sites (tertiary alicyclic amines) is 1. The van der Waals surface area contributed by atoms with Gasteiger partial charge in [-0.1, -0.05) is 26.0 Å². The largest absolute Gasteiger partial charge is 0.490 e. The predicted octanol–water partition coefficient (Wildman–Crippen LogP) is 2.40. The molecule has 3 N–H and O–H groups in total. The molecule has 1 aromatic carbocycles. The smallest absolute Gasteiger partial charge is 0.254 e. The number of β-amino-alcohol motifs (C(OH)–C–C–N with tert-alkyl or cyclic N) is 1. The second-order valence-corrected chi connectivity index (χ2v) is 10.5. The summed E-state index contributed by atoms with van der Waals surface area (Å²) in [6, 6.07) is 6.23. The average Bonchev–Trinajstić information content (AvgIpc) is 2.81. The molecule has 194 valence electrons. The zero-order chi connectivity index (χ0) is 25.8. The Balaban J connectivity index is 1.58. The lowest BCUT2D eigenvalue weighted by Gasteiger charge is -2.51. The van der Waals surface area contributed by atoms with Crippen LogP contribution in [0.1, 0.15) is 25.8 Å². The maximum atomic E-state index is 13.3. The summed E-state index contributed by atoms with van der Waals surface area (Å²) < 4.78 is 24.4. The SMILES string of the molecule is CNC(=O)C1=CC(Cl)C(OC)C=C1OCC(O)CN1CCC(O)(Cc2ccc(F)cc2)C(C)(C)C1. The van der Waals surface area contributed by atoms with Gasteiger partial charge in [-0.3, -0.25) is 9.69 Å². The van der Waals surface area contributed by atoms with Crippen LogP contribution in [0.15, 0.2) is 47.7 Å². The Morgan fingerprint density at radius 1 is 1.31 bits per heavy atom. The minimum absolute atomic E-state index is 0.0136. The van der Waals surface area contributed by atoms with Gasteiger partial charge in [0.05, 0.1) is 22.7 Å². The minimum atomic E-state index is -0.948. The molecule has 35 heavy (non-hydrogen) atoms. The maximum absolute atomic E-state index is 13.3. The Kier molecular flexibility index (Phi) is 8.99. The first-order valence-corrected chi connectivity index (χ1v) is 12.2. The lowest BCUT2D eigenvalue weighted by molar-refractivity contribution is -0.123. The molecular formula is C26H36ClFN2O5. The summed E-state index contributed by atoms with van der Waals surface area (Å²) in [5.74, 6) is -0.308. The number of alkyl halides is 1. The zero-order valence-corrected chi connectivity index (χ0v) is 21.5. The van der Waals surface area contributed by atoms with Crippen molar-refractivity contribution in [2.24, 2.45) is 5.41 Å². The predicted molar refractivity (Wildman–Crippen MR) is 133 cm³/mol. The molecule has 4 atom stereocenters. The van der Waals surface area contributed by atoms with E-state index < -0.39 is 28.6 Å². The molecule has 7 nitrogen and oxygen atoms in total. The number of nitrogens with one attached hydrogen (secondary N) is 1. The van der Waals surface area contributed by atoms with Crippen molar-refractivity contribution in [2.45, 2.75) is 49.9 Å². The van der Waals surface area contributed by atoms with Crippen LogP contribution in [0.4, 0.5) is 4.39 Å². The van der Waals surface area contributed by atoms with Gasteiger partial charge in [0.2, 0.25) is 0 Å². The number of aliphatic hydroxyl groups excluding tert-OH is 1. The normalized spacial score (nSPS) is 27.5. The highest BCUT2D eigenvalue weighted by Crippen LogP contribution is 2.41. The number of ether oxygens (including phenoxy) is 2. The monoisotopic (exact) mass is 510 g/mol. The van der Waals surface area contributed by atoms with Crippen molar-refractivity contribution in [3.8, 4) is 0 Å². The molecule has 0 spiro atoms. The van der Waals surface area contributed by atoms with Gasteiger partial charge in [-0.2, -0.15) is 0 Å². The van der Waals surface area contributed by atoms with Crippen LogP contribution in [0.2, 0.25) is 0 Å². The molecule has 0 radical (unpaired) electrons. The Morgan fingerprint density at radius 2 is 2.00 bits per heavy atom. The quantitative estimate of drug-likeness (QED) is 0.442. The third-order valence-corrected chi connectivity index (χ3v) is 7.37. The highest BCUT2D eigenvalue weighted by atomic mass is 35.5. The summed E-state index contributed by atoms with van der Waals surface area (Å²) in [7, 11) is 3.05. The van der Waals surface area contributed by atoms with Crippen LogP contribution >= 0.6 is 11.6 Å². The molecule has 4 unspecified atom stereocenters. The van der Waals surface area contributed by atoms with Gasteiger partial charge in [-0.15, -0.1) is 11.6 Å². The van der Waals surface area contributed by atoms with E-state index in [9.17, 15) is 19.4 Å². The van der Waals surface area contributed by atoms with E-state index in [0.717, 1.165) is 5.56 Å². The van der Waals surface area contributed by atoms with Gasteiger partial charge in [0.1, 0.15) is 24.3 Å². The van der Waals surface area contributed by atoms with Gasteiger partial charge in [0, 0.05) is 45.6 Å². The lowest BCUT2D eigenvalue weighted by Crippen LogP contribution is -2.59. The van der Waals surface area contributed by atoms with Crippen LogP contribution in [0.5, 0.6) is 0 Å². The van der Waals surface area contributed by atoms with Gasteiger partial charge >= 0.3 is 0 Å². The fourth-order valence-corrected chi connectivity index (χ4v) is 5.04. The van der Waals surface area contributed by atoms with Crippen LogP contribution in [-0.2, 0) is 20.7 Å². The zero-order valence-electron chi connectivity index (χ0n) is 20.8. The van der Waals surface area contributed by atoms with Gasteiger partial charge in [0.25, 0.3) is 5.91 Å². The van der Waals surface area contributed by atoms with E-state index >= 15 is 0 Å². The van der Waals surface area contributed by atoms with Crippen molar-refractivity contribution in [1.82, 2.24) is 10.2 Å². The highest BCUT2D eigenvalue weighted by Gasteiger charge is 2.47. The topological polar surface area (TPSA) is 91.3 Å². The third kappa shape index (κ3) is 6.62. The van der Waals surface area contributed by atoms with E-state index in [1.807, 2.05) is 13.8 Å². The molecule has 1 saturated heterocycles. The Hall–Kier alpha value is -1.97. The van der Waals surface area contributed by atoms with Crippen molar-refractivity contribution < 1.29 is 28.9 Å². The number of carbonyl (C=O) groups excluding carboxylic acids is 1. The van der Waals surface area contributed by atoms with E-state index in [1.54, 1.807) is 24.3 Å². The first kappa shape index (κ1) is 27.6. The summed E-state index contributed by atoms with van der Waals surface area (Å²) in [6.45, 7) is 5.53. The average molecular weight is 511 g/mol. The van der Waals surface area contributed by atoms with Gasteiger partial charge in [0.15, 0.2) is 0 Å². The molecule has 1 amide bonds. The van der Waals surface area contributed by atoms with Crippen molar-refractivity contribution in [1.29, 1.82) is 0 Å². The molecule has 0 aromatic heterocycles. The van der Waals surface area contributed by atoms with Crippen molar-refractivity contribution in [2.75, 3.05) is 40.4 Å². The standard InChI is InChI=1S/C26H36ClFN2O5/c1-25(2)16-30(10-9-26(25,33)13-17-5-7-18(28)8-6-17)14-19(31)15-35-22-12-23(34-4)21(27)11-20(22)24(32)29-3/h5-8,11-12,19,21,23,31,33H,9-10,13-16H2,1-4H3,(H,29,32). The number of rotatable bonds is 9. The molecule has 1 aliphatic heterocycles. The second kappa shape index (κ2) is 11.4. The van der Waals surface area contributed by atoms with Gasteiger partial charge in [-0.05, 0) is 36.3 Å². The van der Waals surface area contributed by atoms with Crippen molar-refractivity contribution in [3.05, 3.63) is 59.1 Å². The summed E-state index contributed by atoms with van der Waals surface area (Å²) in [5, 5.41) is 24.2. The third-order valence-electron chi connectivity index (χ3n) is 6.99. The highest BCUT2D eigenvalue weighted by molar-refractivity contribution is 6.23. The van der Waals surface area contributed by atoms with E-state index in [0.29, 0.717) is 43.8 Å². The number of carbonyl (C=O) groups is 1. The number of methoxy groups -OCH3 is 1. The van der Waals surface area contributed by atoms with Crippen LogP contribution in [0.3, 0.4) is 0 Å². The Morgan fingerprint density at radius 3 is 2.60 bits per heavy atom. The fourth-order valence-electron chi connectivity index (χ4n) is 4.74. The summed E-state index contributed by atoms with van der Waals surface area (Å²) in [4.78, 5) is 14.3. The molecule has 0 saturated carbocycles. The lowest BCUT2D eigenvalue weighted by atomic mass is 9.67. The fraction of sp³-hybridized carbons (Fsp3) is 0.577. The first-order valence-electron chi connectivity index (χ1n) is 11.8. The number of likely N-dealkylation sites (N-methyl/N-ethyl adjacent to an activating group) is 1. The molecule has 1 fully saturated rings. The molecule has 3 rings (SSSR count). The van der Waals surface area contributed by atoms with Crippen molar-refractivity contribution in [3.63, 3.8) is 0 Å². The van der Waals surface area contributed by atoms with E-state index in [1.165, 1.54) is 26.3 Å². The van der Waals surface area contributed by atoms with Gasteiger partial charge < -0.3 is 25.0 Å². The number of benzene rings is 1. The molecule has 1 aromatic rings. The summed E-state index contributed by atoms with van der Waals surface area (Å²) in [5.41, 5.74) is -0.213. The second-order valence-electron chi connectivity index (χ2n) is 10.0.